The molecule has 0 aliphatic carbocycles. The normalized spacial score (nSPS) is 12.0. The Balaban J connectivity index is 2.03. The second-order valence-corrected chi connectivity index (χ2v) is 5.08. The Labute approximate surface area is 106 Å². The van der Waals surface area contributed by atoms with Crippen molar-refractivity contribution in [3.8, 4) is 0 Å². The van der Waals surface area contributed by atoms with Crippen LogP contribution in [0.2, 0.25) is 0 Å². The SMILES string of the molecule is CCCC/C(C)=N\Nc1nc2ccccc2s1. The summed E-state index contributed by atoms with van der Waals surface area (Å²) in [7, 11) is 0. The summed E-state index contributed by atoms with van der Waals surface area (Å²) in [5, 5.41) is 5.20. The predicted octanol–water partition coefficient (Wildman–Crippen LogP) is 4.27. The number of fused-ring (bicyclic) bond motifs is 1. The van der Waals surface area contributed by atoms with Crippen molar-refractivity contribution >= 4 is 32.4 Å². The average molecular weight is 247 g/mol. The van der Waals surface area contributed by atoms with Gasteiger partial charge in [0.15, 0.2) is 0 Å². The van der Waals surface area contributed by atoms with Crippen molar-refractivity contribution < 1.29 is 0 Å². The summed E-state index contributed by atoms with van der Waals surface area (Å²) in [6, 6.07) is 8.12. The molecule has 0 radical (unpaired) electrons. The van der Waals surface area contributed by atoms with Crippen molar-refractivity contribution in [3.05, 3.63) is 24.3 Å². The van der Waals surface area contributed by atoms with Gasteiger partial charge in [-0.2, -0.15) is 5.10 Å². The molecule has 0 bridgehead atoms. The van der Waals surface area contributed by atoms with Crippen LogP contribution < -0.4 is 5.43 Å². The minimum Gasteiger partial charge on any atom is -0.253 e. The summed E-state index contributed by atoms with van der Waals surface area (Å²) in [5.41, 5.74) is 5.20. The first-order valence-electron chi connectivity index (χ1n) is 5.94. The van der Waals surface area contributed by atoms with Gasteiger partial charge in [0, 0.05) is 5.71 Å². The van der Waals surface area contributed by atoms with Crippen LogP contribution in [0.1, 0.15) is 33.1 Å². The lowest BCUT2D eigenvalue weighted by Crippen LogP contribution is -1.96. The Hall–Kier alpha value is -1.42. The Kier molecular flexibility index (Phi) is 4.09. The Morgan fingerprint density at radius 2 is 2.24 bits per heavy atom. The zero-order valence-corrected chi connectivity index (χ0v) is 11.0. The van der Waals surface area contributed by atoms with Crippen LogP contribution in [-0.2, 0) is 0 Å². The highest BCUT2D eigenvalue weighted by molar-refractivity contribution is 7.22. The molecular formula is C13H17N3S. The first-order chi connectivity index (χ1) is 8.29. The zero-order chi connectivity index (χ0) is 12.1. The average Bonchev–Trinajstić information content (AvgIpc) is 2.76. The minimum atomic E-state index is 0.863. The highest BCUT2D eigenvalue weighted by Gasteiger charge is 2.01. The molecule has 1 aromatic carbocycles. The molecule has 0 fully saturated rings. The van der Waals surface area contributed by atoms with E-state index < -0.39 is 0 Å². The van der Waals surface area contributed by atoms with Gasteiger partial charge in [0.05, 0.1) is 10.2 Å². The third-order valence-corrected chi connectivity index (χ3v) is 3.47. The molecule has 1 N–H and O–H groups in total. The van der Waals surface area contributed by atoms with Crippen molar-refractivity contribution in [1.29, 1.82) is 0 Å². The van der Waals surface area contributed by atoms with E-state index in [9.17, 15) is 0 Å². The number of hydrogen-bond donors (Lipinski definition) is 1. The molecule has 0 spiro atoms. The molecule has 0 atom stereocenters. The van der Waals surface area contributed by atoms with Crippen molar-refractivity contribution in [1.82, 2.24) is 4.98 Å². The molecule has 17 heavy (non-hydrogen) atoms. The molecule has 0 unspecified atom stereocenters. The maximum Gasteiger partial charge on any atom is 0.204 e. The van der Waals surface area contributed by atoms with Gasteiger partial charge in [-0.05, 0) is 31.9 Å². The van der Waals surface area contributed by atoms with Crippen molar-refractivity contribution in [2.24, 2.45) is 5.10 Å². The van der Waals surface area contributed by atoms with Crippen LogP contribution in [0.4, 0.5) is 5.13 Å². The highest BCUT2D eigenvalue weighted by Crippen LogP contribution is 2.25. The number of hydrogen-bond acceptors (Lipinski definition) is 4. The summed E-state index contributed by atoms with van der Waals surface area (Å²) >= 11 is 1.63. The Bertz CT molecular complexity index is 483. The van der Waals surface area contributed by atoms with Crippen molar-refractivity contribution in [3.63, 3.8) is 0 Å². The number of nitrogens with zero attached hydrogens (tertiary/aromatic N) is 2. The van der Waals surface area contributed by atoms with Gasteiger partial charge >= 0.3 is 0 Å². The fourth-order valence-electron chi connectivity index (χ4n) is 1.55. The van der Waals surface area contributed by atoms with Gasteiger partial charge in [-0.25, -0.2) is 4.98 Å². The lowest BCUT2D eigenvalue weighted by molar-refractivity contribution is 0.832. The Morgan fingerprint density at radius 1 is 1.41 bits per heavy atom. The number of benzene rings is 1. The number of hydrazone groups is 1. The lowest BCUT2D eigenvalue weighted by atomic mass is 10.2. The fourth-order valence-corrected chi connectivity index (χ4v) is 2.36. The minimum absolute atomic E-state index is 0.863. The Morgan fingerprint density at radius 3 is 3.00 bits per heavy atom. The fraction of sp³-hybridized carbons (Fsp3) is 0.385. The molecule has 1 aromatic heterocycles. The molecule has 0 amide bonds. The van der Waals surface area contributed by atoms with E-state index in [1.807, 2.05) is 18.2 Å². The maximum atomic E-state index is 4.47. The van der Waals surface area contributed by atoms with Crippen molar-refractivity contribution in [2.45, 2.75) is 33.1 Å². The first kappa shape index (κ1) is 12.0. The van der Waals surface area contributed by atoms with Gasteiger partial charge in [0.25, 0.3) is 0 Å². The van der Waals surface area contributed by atoms with E-state index in [0.717, 1.165) is 22.8 Å². The number of nitrogens with one attached hydrogen (secondary N) is 1. The monoisotopic (exact) mass is 247 g/mol. The summed E-state index contributed by atoms with van der Waals surface area (Å²) < 4.78 is 1.19. The van der Waals surface area contributed by atoms with Crippen LogP contribution in [0.3, 0.4) is 0 Å². The van der Waals surface area contributed by atoms with Crippen LogP contribution in [0, 0.1) is 0 Å². The third-order valence-electron chi connectivity index (χ3n) is 2.53. The number of anilines is 1. The maximum absolute atomic E-state index is 4.47. The first-order valence-corrected chi connectivity index (χ1v) is 6.76. The summed E-state index contributed by atoms with van der Waals surface area (Å²) in [4.78, 5) is 4.47. The van der Waals surface area contributed by atoms with Crippen molar-refractivity contribution in [2.75, 3.05) is 5.43 Å². The smallest absolute Gasteiger partial charge is 0.204 e. The standard InChI is InChI=1S/C13H17N3S/c1-3-4-7-10(2)15-16-13-14-11-8-5-6-9-12(11)17-13/h5-6,8-9H,3-4,7H2,1-2H3,(H,14,16)/b15-10-. The molecule has 0 saturated heterocycles. The van der Waals surface area contributed by atoms with E-state index in [1.54, 1.807) is 11.3 Å². The highest BCUT2D eigenvalue weighted by atomic mass is 32.1. The molecule has 2 aromatic rings. The van der Waals surface area contributed by atoms with E-state index >= 15 is 0 Å². The third kappa shape index (κ3) is 3.27. The molecule has 0 saturated carbocycles. The second kappa shape index (κ2) is 5.77. The molecule has 4 heteroatoms. The molecular weight excluding hydrogens is 230 g/mol. The van der Waals surface area contributed by atoms with E-state index in [4.69, 9.17) is 0 Å². The topological polar surface area (TPSA) is 37.3 Å². The lowest BCUT2D eigenvalue weighted by Gasteiger charge is -1.98. The zero-order valence-electron chi connectivity index (χ0n) is 10.2. The summed E-state index contributed by atoms with van der Waals surface area (Å²) in [6.07, 6.45) is 3.44. The number of aromatic nitrogens is 1. The molecule has 0 aliphatic rings. The molecule has 1 heterocycles. The molecule has 2 rings (SSSR count). The second-order valence-electron chi connectivity index (χ2n) is 4.05. The quantitative estimate of drug-likeness (QED) is 0.632. The number of rotatable bonds is 5. The van der Waals surface area contributed by atoms with Crippen LogP contribution in [0.25, 0.3) is 10.2 Å². The summed E-state index contributed by atoms with van der Waals surface area (Å²) in [6.45, 7) is 4.24. The number of thiazole rings is 1. The van der Waals surface area contributed by atoms with Crippen LogP contribution in [0.5, 0.6) is 0 Å². The van der Waals surface area contributed by atoms with Gasteiger partial charge in [-0.15, -0.1) is 0 Å². The largest absolute Gasteiger partial charge is 0.253 e. The van der Waals surface area contributed by atoms with Gasteiger partial charge in [-0.1, -0.05) is 36.8 Å². The van der Waals surface area contributed by atoms with Gasteiger partial charge in [-0.3, -0.25) is 5.43 Å². The van der Waals surface area contributed by atoms with E-state index in [-0.39, 0.29) is 0 Å². The molecule has 0 aliphatic heterocycles. The molecule has 3 nitrogen and oxygen atoms in total. The van der Waals surface area contributed by atoms with E-state index in [2.05, 4.69) is 35.4 Å². The van der Waals surface area contributed by atoms with Gasteiger partial charge < -0.3 is 0 Å². The van der Waals surface area contributed by atoms with Crippen LogP contribution >= 0.6 is 11.3 Å². The van der Waals surface area contributed by atoms with Crippen LogP contribution in [0.15, 0.2) is 29.4 Å². The van der Waals surface area contributed by atoms with Crippen LogP contribution in [-0.4, -0.2) is 10.7 Å². The number of para-hydroxylation sites is 1. The van der Waals surface area contributed by atoms with E-state index in [0.29, 0.717) is 0 Å². The summed E-state index contributed by atoms with van der Waals surface area (Å²) in [5.74, 6) is 0. The van der Waals surface area contributed by atoms with E-state index in [1.165, 1.54) is 17.5 Å². The van der Waals surface area contributed by atoms with Gasteiger partial charge in [0.1, 0.15) is 0 Å². The number of unbranched alkanes of at least 4 members (excludes halogenated alkanes) is 1. The molecule has 90 valence electrons. The van der Waals surface area contributed by atoms with Gasteiger partial charge in [0.2, 0.25) is 5.13 Å². The predicted molar refractivity (Wildman–Crippen MR) is 75.9 cm³/mol.